The number of nitrogens with zero attached hydrogens (tertiary/aromatic N) is 1. The van der Waals surface area contributed by atoms with Crippen LogP contribution >= 0.6 is 11.3 Å². The van der Waals surface area contributed by atoms with E-state index in [1.165, 1.54) is 16.2 Å². The molecule has 1 fully saturated rings. The third-order valence-electron chi connectivity index (χ3n) is 4.94. The maximum atomic E-state index is 12.9. The average Bonchev–Trinajstić information content (AvgIpc) is 3.25. The molecule has 0 aliphatic carbocycles. The number of thiophene rings is 1. The number of hydrogen-bond donors (Lipinski definition) is 1. The molecule has 160 valence electrons. The highest BCUT2D eigenvalue weighted by atomic mass is 32.1. The molecule has 30 heavy (non-hydrogen) atoms. The van der Waals surface area contributed by atoms with E-state index in [1.807, 2.05) is 18.4 Å². The summed E-state index contributed by atoms with van der Waals surface area (Å²) in [6.07, 6.45) is 0. The largest absolute Gasteiger partial charge is 0.507 e. The minimum atomic E-state index is -0.679. The van der Waals surface area contributed by atoms with Crippen LogP contribution in [0.15, 0.2) is 41.3 Å². The maximum absolute atomic E-state index is 12.9. The van der Waals surface area contributed by atoms with Crippen LogP contribution in [0.25, 0.3) is 5.76 Å². The second-order valence-electron chi connectivity index (χ2n) is 7.68. The van der Waals surface area contributed by atoms with Gasteiger partial charge in [-0.2, -0.15) is 0 Å². The predicted octanol–water partition coefficient (Wildman–Crippen LogP) is 4.16. The first-order chi connectivity index (χ1) is 14.3. The summed E-state index contributed by atoms with van der Waals surface area (Å²) in [7, 11) is 1.55. The van der Waals surface area contributed by atoms with Gasteiger partial charge in [-0.15, -0.1) is 11.3 Å². The van der Waals surface area contributed by atoms with Gasteiger partial charge in [0.25, 0.3) is 11.7 Å². The first kappa shape index (κ1) is 22.1. The Morgan fingerprint density at radius 3 is 2.47 bits per heavy atom. The molecule has 6 nitrogen and oxygen atoms in total. The van der Waals surface area contributed by atoms with Gasteiger partial charge in [-0.1, -0.05) is 13.8 Å². The number of ketones is 1. The van der Waals surface area contributed by atoms with Crippen LogP contribution in [0.4, 0.5) is 0 Å². The van der Waals surface area contributed by atoms with Gasteiger partial charge in [0, 0.05) is 24.1 Å². The first-order valence-electron chi connectivity index (χ1n) is 9.89. The molecule has 1 aliphatic rings. The second kappa shape index (κ2) is 9.45. The lowest BCUT2D eigenvalue weighted by Gasteiger charge is -2.24. The van der Waals surface area contributed by atoms with Gasteiger partial charge < -0.3 is 19.5 Å². The SMILES string of the molecule is COCCN1C(=O)C(=O)/C(=C(\O)c2ccc(OCC(C)C)cc2)C1c1sccc1C. The molecule has 2 heterocycles. The summed E-state index contributed by atoms with van der Waals surface area (Å²) in [6, 6.07) is 8.22. The van der Waals surface area contributed by atoms with Crippen molar-refractivity contribution >= 4 is 28.8 Å². The second-order valence-corrected chi connectivity index (χ2v) is 8.63. The molecular weight excluding hydrogens is 402 g/mol. The van der Waals surface area contributed by atoms with Crippen molar-refractivity contribution in [2.24, 2.45) is 5.92 Å². The molecule has 0 saturated carbocycles. The summed E-state index contributed by atoms with van der Waals surface area (Å²) in [5.41, 5.74) is 1.55. The average molecular weight is 430 g/mol. The van der Waals surface area contributed by atoms with E-state index in [1.54, 1.807) is 31.4 Å². The Morgan fingerprint density at radius 2 is 1.90 bits per heavy atom. The molecule has 1 saturated heterocycles. The number of Topliss-reactive ketones (excluding diaryl/α,β-unsaturated/α-hetero) is 1. The number of likely N-dealkylation sites (tertiary alicyclic amines) is 1. The van der Waals surface area contributed by atoms with Crippen molar-refractivity contribution in [3.63, 3.8) is 0 Å². The number of ether oxygens (including phenoxy) is 2. The lowest BCUT2D eigenvalue weighted by molar-refractivity contribution is -0.140. The highest BCUT2D eigenvalue weighted by Crippen LogP contribution is 2.42. The molecule has 1 atom stereocenters. The summed E-state index contributed by atoms with van der Waals surface area (Å²) in [4.78, 5) is 28.0. The molecule has 2 aromatic rings. The fourth-order valence-electron chi connectivity index (χ4n) is 3.36. The van der Waals surface area contributed by atoms with Crippen molar-refractivity contribution in [3.8, 4) is 5.75 Å². The van der Waals surface area contributed by atoms with Crippen molar-refractivity contribution in [3.05, 3.63) is 57.3 Å². The number of methoxy groups -OCH3 is 1. The van der Waals surface area contributed by atoms with Crippen molar-refractivity contribution in [2.75, 3.05) is 26.9 Å². The summed E-state index contributed by atoms with van der Waals surface area (Å²) < 4.78 is 10.8. The van der Waals surface area contributed by atoms with Crippen LogP contribution in [0.2, 0.25) is 0 Å². The Bertz CT molecular complexity index is 945. The Morgan fingerprint density at radius 1 is 1.20 bits per heavy atom. The molecule has 1 aromatic carbocycles. The van der Waals surface area contributed by atoms with E-state index in [9.17, 15) is 14.7 Å². The highest BCUT2D eigenvalue weighted by molar-refractivity contribution is 7.10. The smallest absolute Gasteiger partial charge is 0.295 e. The predicted molar refractivity (Wildman–Crippen MR) is 117 cm³/mol. The van der Waals surface area contributed by atoms with Crippen molar-refractivity contribution in [2.45, 2.75) is 26.8 Å². The zero-order valence-electron chi connectivity index (χ0n) is 17.7. The van der Waals surface area contributed by atoms with Crippen LogP contribution < -0.4 is 4.74 Å². The third kappa shape index (κ3) is 4.42. The van der Waals surface area contributed by atoms with E-state index in [4.69, 9.17) is 9.47 Å². The number of benzene rings is 1. The standard InChI is InChI=1S/C23H27NO5S/c1-14(2)13-29-17-7-5-16(6-8-17)20(25)18-19(22-15(3)9-12-30-22)24(10-11-28-4)23(27)21(18)26/h5-9,12,14,19,25H,10-11,13H2,1-4H3/b20-18-. The Balaban J connectivity index is 2.01. The topological polar surface area (TPSA) is 76.1 Å². The van der Waals surface area contributed by atoms with Crippen molar-refractivity contribution in [1.29, 1.82) is 0 Å². The highest BCUT2D eigenvalue weighted by Gasteiger charge is 2.46. The van der Waals surface area contributed by atoms with Crippen LogP contribution in [-0.2, 0) is 14.3 Å². The number of carbonyl (C=O) groups excluding carboxylic acids is 2. The Labute approximate surface area is 180 Å². The summed E-state index contributed by atoms with van der Waals surface area (Å²) in [6.45, 7) is 7.22. The maximum Gasteiger partial charge on any atom is 0.295 e. The third-order valence-corrected chi connectivity index (χ3v) is 6.01. The molecule has 3 rings (SSSR count). The summed E-state index contributed by atoms with van der Waals surface area (Å²) in [5.74, 6) is -0.395. The lowest BCUT2D eigenvalue weighted by atomic mass is 9.98. The number of aliphatic hydroxyl groups is 1. The quantitative estimate of drug-likeness (QED) is 0.387. The van der Waals surface area contributed by atoms with Gasteiger partial charge >= 0.3 is 0 Å². The Kier molecular flexibility index (Phi) is 6.95. The number of carbonyl (C=O) groups is 2. The van der Waals surface area contributed by atoms with Gasteiger partial charge in [-0.3, -0.25) is 9.59 Å². The first-order valence-corrected chi connectivity index (χ1v) is 10.8. The zero-order chi connectivity index (χ0) is 21.8. The molecule has 1 aromatic heterocycles. The normalized spacial score (nSPS) is 18.4. The van der Waals surface area contributed by atoms with Gasteiger partial charge in [0.15, 0.2) is 0 Å². The number of hydrogen-bond acceptors (Lipinski definition) is 6. The molecule has 1 N–H and O–H groups in total. The minimum absolute atomic E-state index is 0.109. The molecular formula is C23H27NO5S. The van der Waals surface area contributed by atoms with E-state index in [-0.39, 0.29) is 17.9 Å². The fraction of sp³-hybridized carbons (Fsp3) is 0.391. The number of aryl methyl sites for hydroxylation is 1. The van der Waals surface area contributed by atoms with Gasteiger partial charge in [0.05, 0.1) is 24.8 Å². The van der Waals surface area contributed by atoms with E-state index in [0.29, 0.717) is 30.4 Å². The van der Waals surface area contributed by atoms with Crippen molar-refractivity contribution in [1.82, 2.24) is 4.90 Å². The molecule has 0 bridgehead atoms. The molecule has 1 amide bonds. The van der Waals surface area contributed by atoms with E-state index >= 15 is 0 Å². The fourth-order valence-corrected chi connectivity index (χ4v) is 4.41. The Hall–Kier alpha value is -2.64. The molecule has 0 radical (unpaired) electrons. The van der Waals surface area contributed by atoms with Crippen LogP contribution in [0, 0.1) is 12.8 Å². The van der Waals surface area contributed by atoms with Crippen molar-refractivity contribution < 1.29 is 24.2 Å². The van der Waals surface area contributed by atoms with Gasteiger partial charge in [-0.25, -0.2) is 0 Å². The van der Waals surface area contributed by atoms with Crippen LogP contribution in [0.1, 0.15) is 35.9 Å². The number of aliphatic hydroxyl groups excluding tert-OH is 1. The summed E-state index contributed by atoms with van der Waals surface area (Å²) >= 11 is 1.46. The zero-order valence-corrected chi connectivity index (χ0v) is 18.5. The molecule has 1 aliphatic heterocycles. The van der Waals surface area contributed by atoms with E-state index < -0.39 is 17.7 Å². The molecule has 0 spiro atoms. The van der Waals surface area contributed by atoms with E-state index in [0.717, 1.165) is 10.4 Å². The van der Waals surface area contributed by atoms with Gasteiger partial charge in [0.2, 0.25) is 0 Å². The van der Waals surface area contributed by atoms with E-state index in [2.05, 4.69) is 13.8 Å². The molecule has 7 heteroatoms. The minimum Gasteiger partial charge on any atom is -0.507 e. The van der Waals surface area contributed by atoms with Crippen LogP contribution in [0.5, 0.6) is 5.75 Å². The monoisotopic (exact) mass is 429 g/mol. The molecule has 1 unspecified atom stereocenters. The van der Waals surface area contributed by atoms with Gasteiger partial charge in [0.1, 0.15) is 11.5 Å². The van der Waals surface area contributed by atoms with Crippen LogP contribution in [-0.4, -0.2) is 48.6 Å². The number of amides is 1. The summed E-state index contributed by atoms with van der Waals surface area (Å²) in [5, 5.41) is 13.0. The van der Waals surface area contributed by atoms with Crippen LogP contribution in [0.3, 0.4) is 0 Å². The lowest BCUT2D eigenvalue weighted by Crippen LogP contribution is -2.32. The number of rotatable bonds is 8. The van der Waals surface area contributed by atoms with Gasteiger partial charge in [-0.05, 0) is 54.1 Å².